The van der Waals surface area contributed by atoms with E-state index in [9.17, 15) is 15.0 Å². The van der Waals surface area contributed by atoms with Crippen LogP contribution in [0.15, 0.2) is 30.4 Å². The molecule has 1 atom stereocenters. The van der Waals surface area contributed by atoms with E-state index < -0.39 is 6.10 Å². The second-order valence-corrected chi connectivity index (χ2v) is 6.46. The summed E-state index contributed by atoms with van der Waals surface area (Å²) in [6.45, 7) is 2.20. The van der Waals surface area contributed by atoms with Crippen LogP contribution in [-0.4, -0.2) is 29.2 Å². The summed E-state index contributed by atoms with van der Waals surface area (Å²) >= 11 is 0. The molecule has 0 saturated heterocycles. The SMILES string of the molecule is CCCCCCCCC(O)C=CC(=O)CCc1ccc(O)c(OC)c1. The van der Waals surface area contributed by atoms with Crippen LogP contribution in [0.25, 0.3) is 0 Å². The molecule has 1 rings (SSSR count). The topological polar surface area (TPSA) is 66.8 Å². The van der Waals surface area contributed by atoms with Crippen molar-refractivity contribution in [3.05, 3.63) is 35.9 Å². The summed E-state index contributed by atoms with van der Waals surface area (Å²) in [6.07, 6.45) is 11.4. The molecule has 0 amide bonds. The van der Waals surface area contributed by atoms with Crippen LogP contribution in [-0.2, 0) is 11.2 Å². The number of methoxy groups -OCH3 is 1. The normalized spacial score (nSPS) is 12.4. The minimum atomic E-state index is -0.538. The Morgan fingerprint density at radius 1 is 1.20 bits per heavy atom. The van der Waals surface area contributed by atoms with Crippen LogP contribution < -0.4 is 4.74 Å². The number of aliphatic hydroxyl groups excluding tert-OH is 1. The Morgan fingerprint density at radius 2 is 1.92 bits per heavy atom. The van der Waals surface area contributed by atoms with E-state index in [0.717, 1.165) is 18.4 Å². The Balaban J connectivity index is 2.25. The molecule has 4 nitrogen and oxygen atoms in total. The van der Waals surface area contributed by atoms with Crippen molar-refractivity contribution in [2.75, 3.05) is 7.11 Å². The summed E-state index contributed by atoms with van der Waals surface area (Å²) < 4.78 is 5.06. The van der Waals surface area contributed by atoms with E-state index in [2.05, 4.69) is 6.92 Å². The van der Waals surface area contributed by atoms with E-state index in [1.807, 2.05) is 0 Å². The number of ether oxygens (including phenoxy) is 1. The lowest BCUT2D eigenvalue weighted by Crippen LogP contribution is -2.04. The molecule has 0 aromatic heterocycles. The van der Waals surface area contributed by atoms with Gasteiger partial charge in [-0.1, -0.05) is 57.6 Å². The standard InChI is InChI=1S/C21H32O4/c1-3-4-5-6-7-8-9-18(22)13-14-19(23)12-10-17-11-15-20(24)21(16-17)25-2/h11,13-16,18,22,24H,3-10,12H2,1-2H3. The Labute approximate surface area is 151 Å². The number of phenols is 1. The van der Waals surface area contributed by atoms with Crippen LogP contribution in [0.3, 0.4) is 0 Å². The van der Waals surface area contributed by atoms with Crippen molar-refractivity contribution in [2.45, 2.75) is 70.8 Å². The average Bonchev–Trinajstić information content (AvgIpc) is 2.62. The van der Waals surface area contributed by atoms with Crippen molar-refractivity contribution in [1.29, 1.82) is 0 Å². The summed E-state index contributed by atoms with van der Waals surface area (Å²) in [5, 5.41) is 19.5. The Morgan fingerprint density at radius 3 is 2.64 bits per heavy atom. The van der Waals surface area contributed by atoms with Crippen LogP contribution in [0.4, 0.5) is 0 Å². The summed E-state index contributed by atoms with van der Waals surface area (Å²) in [4.78, 5) is 11.9. The molecule has 0 saturated carbocycles. The molecular weight excluding hydrogens is 316 g/mol. The van der Waals surface area contributed by atoms with Gasteiger partial charge in [0.05, 0.1) is 13.2 Å². The third-order valence-electron chi connectivity index (χ3n) is 4.26. The number of ketones is 1. The second kappa shape index (κ2) is 12.5. The van der Waals surface area contributed by atoms with Gasteiger partial charge in [-0.15, -0.1) is 0 Å². The number of hydrogen-bond donors (Lipinski definition) is 2. The summed E-state index contributed by atoms with van der Waals surface area (Å²) in [5.74, 6) is 0.499. The van der Waals surface area contributed by atoms with Crippen molar-refractivity contribution in [3.63, 3.8) is 0 Å². The third kappa shape index (κ3) is 9.30. The summed E-state index contributed by atoms with van der Waals surface area (Å²) in [5.41, 5.74) is 0.934. The minimum Gasteiger partial charge on any atom is -0.504 e. The number of phenolic OH excluding ortho intramolecular Hbond substituents is 1. The third-order valence-corrected chi connectivity index (χ3v) is 4.26. The zero-order valence-electron chi connectivity index (χ0n) is 15.5. The number of hydrogen-bond acceptors (Lipinski definition) is 4. The zero-order valence-corrected chi connectivity index (χ0v) is 15.5. The molecule has 4 heteroatoms. The molecule has 140 valence electrons. The molecule has 0 fully saturated rings. The first-order valence-corrected chi connectivity index (χ1v) is 9.31. The van der Waals surface area contributed by atoms with Crippen molar-refractivity contribution >= 4 is 5.78 Å². The van der Waals surface area contributed by atoms with Crippen LogP contribution in [0.1, 0.15) is 63.9 Å². The smallest absolute Gasteiger partial charge is 0.160 e. The van der Waals surface area contributed by atoms with Crippen molar-refractivity contribution < 1.29 is 19.7 Å². The average molecular weight is 348 g/mol. The number of aliphatic hydroxyl groups is 1. The van der Waals surface area contributed by atoms with Gasteiger partial charge < -0.3 is 14.9 Å². The fourth-order valence-electron chi connectivity index (χ4n) is 2.68. The molecule has 1 aromatic carbocycles. The maximum absolute atomic E-state index is 11.9. The van der Waals surface area contributed by atoms with Crippen LogP contribution in [0.2, 0.25) is 0 Å². The number of allylic oxidation sites excluding steroid dienone is 1. The van der Waals surface area contributed by atoms with Gasteiger partial charge in [-0.3, -0.25) is 4.79 Å². The van der Waals surface area contributed by atoms with E-state index in [1.54, 1.807) is 24.3 Å². The van der Waals surface area contributed by atoms with Crippen LogP contribution in [0.5, 0.6) is 11.5 Å². The van der Waals surface area contributed by atoms with Gasteiger partial charge in [0.2, 0.25) is 0 Å². The Hall–Kier alpha value is -1.81. The van der Waals surface area contributed by atoms with Gasteiger partial charge >= 0.3 is 0 Å². The van der Waals surface area contributed by atoms with E-state index in [0.29, 0.717) is 25.0 Å². The van der Waals surface area contributed by atoms with Gasteiger partial charge in [-0.25, -0.2) is 0 Å². The van der Waals surface area contributed by atoms with Crippen LogP contribution >= 0.6 is 0 Å². The molecule has 0 aliphatic rings. The fourth-order valence-corrected chi connectivity index (χ4v) is 2.68. The second-order valence-electron chi connectivity index (χ2n) is 6.46. The van der Waals surface area contributed by atoms with Gasteiger partial charge in [-0.2, -0.15) is 0 Å². The van der Waals surface area contributed by atoms with Gasteiger partial charge in [-0.05, 0) is 36.6 Å². The molecule has 0 bridgehead atoms. The molecule has 0 aliphatic carbocycles. The van der Waals surface area contributed by atoms with Crippen LogP contribution in [0, 0.1) is 0 Å². The maximum atomic E-state index is 11.9. The van der Waals surface area contributed by atoms with Gasteiger partial charge in [0.25, 0.3) is 0 Å². The van der Waals surface area contributed by atoms with Crippen molar-refractivity contribution in [1.82, 2.24) is 0 Å². The first kappa shape index (κ1) is 21.2. The highest BCUT2D eigenvalue weighted by Crippen LogP contribution is 2.26. The lowest BCUT2D eigenvalue weighted by Gasteiger charge is -2.06. The Kier molecular flexibility index (Phi) is 10.6. The van der Waals surface area contributed by atoms with E-state index in [4.69, 9.17) is 4.74 Å². The van der Waals surface area contributed by atoms with E-state index in [-0.39, 0.29) is 11.5 Å². The number of unbranched alkanes of at least 4 members (excludes halogenated alkanes) is 5. The summed E-state index contributed by atoms with van der Waals surface area (Å²) in [6, 6.07) is 5.08. The first-order valence-electron chi connectivity index (χ1n) is 9.31. The van der Waals surface area contributed by atoms with Gasteiger partial charge in [0.15, 0.2) is 17.3 Å². The number of carbonyl (C=O) groups is 1. The number of rotatable bonds is 13. The lowest BCUT2D eigenvalue weighted by molar-refractivity contribution is -0.114. The highest BCUT2D eigenvalue weighted by molar-refractivity contribution is 5.89. The molecular formula is C21H32O4. The number of carbonyl (C=O) groups excluding carboxylic acids is 1. The summed E-state index contributed by atoms with van der Waals surface area (Å²) in [7, 11) is 1.50. The Bertz CT molecular complexity index is 537. The molecule has 0 spiro atoms. The van der Waals surface area contributed by atoms with E-state index in [1.165, 1.54) is 38.9 Å². The fraction of sp³-hybridized carbons (Fsp3) is 0.571. The quantitative estimate of drug-likeness (QED) is 0.405. The molecule has 25 heavy (non-hydrogen) atoms. The molecule has 1 aromatic rings. The molecule has 0 aliphatic heterocycles. The molecule has 0 radical (unpaired) electrons. The van der Waals surface area contributed by atoms with Gasteiger partial charge in [0, 0.05) is 6.42 Å². The van der Waals surface area contributed by atoms with Gasteiger partial charge in [0.1, 0.15) is 0 Å². The molecule has 1 unspecified atom stereocenters. The van der Waals surface area contributed by atoms with E-state index >= 15 is 0 Å². The highest BCUT2D eigenvalue weighted by atomic mass is 16.5. The molecule has 2 N–H and O–H groups in total. The number of aryl methyl sites for hydroxylation is 1. The zero-order chi connectivity index (χ0) is 18.5. The van der Waals surface area contributed by atoms with Crippen molar-refractivity contribution in [2.24, 2.45) is 0 Å². The number of benzene rings is 1. The first-order chi connectivity index (χ1) is 12.1. The predicted molar refractivity (Wildman–Crippen MR) is 101 cm³/mol. The lowest BCUT2D eigenvalue weighted by atomic mass is 10.0. The minimum absolute atomic E-state index is 0.00552. The highest BCUT2D eigenvalue weighted by Gasteiger charge is 2.05. The number of aromatic hydroxyl groups is 1. The van der Waals surface area contributed by atoms with Crippen molar-refractivity contribution in [3.8, 4) is 11.5 Å². The largest absolute Gasteiger partial charge is 0.504 e. The predicted octanol–water partition coefficient (Wildman–Crippen LogP) is 4.57. The maximum Gasteiger partial charge on any atom is 0.160 e. The monoisotopic (exact) mass is 348 g/mol. The molecule has 0 heterocycles.